The Morgan fingerprint density at radius 2 is 2.07 bits per heavy atom. The van der Waals surface area contributed by atoms with Crippen LogP contribution in [-0.2, 0) is 23.8 Å². The van der Waals surface area contributed by atoms with Gasteiger partial charge in [0, 0.05) is 31.0 Å². The zero-order chi connectivity index (χ0) is 19.6. The van der Waals surface area contributed by atoms with E-state index in [1.807, 2.05) is 6.92 Å². The summed E-state index contributed by atoms with van der Waals surface area (Å²) in [4.78, 5) is 8.84. The highest BCUT2D eigenvalue weighted by Gasteiger charge is 2.16. The molecule has 0 aliphatic heterocycles. The average Bonchev–Trinajstić information content (AvgIpc) is 2.98. The Labute approximate surface area is 159 Å². The number of halogens is 2. The number of rotatable bonds is 7. The SMILES string of the molecule is CCCc1nc2c(N)ncc(C)c2n1CCCS(=O)c1ccc(F)cc1F. The van der Waals surface area contributed by atoms with Gasteiger partial charge in [-0.25, -0.2) is 18.7 Å². The van der Waals surface area contributed by atoms with E-state index in [1.165, 1.54) is 6.07 Å². The van der Waals surface area contributed by atoms with Crippen molar-refractivity contribution in [1.29, 1.82) is 0 Å². The highest BCUT2D eigenvalue weighted by molar-refractivity contribution is 7.85. The molecule has 0 bridgehead atoms. The van der Waals surface area contributed by atoms with Gasteiger partial charge in [0.15, 0.2) is 5.82 Å². The lowest BCUT2D eigenvalue weighted by Crippen LogP contribution is -2.09. The molecule has 2 N–H and O–H groups in total. The fourth-order valence-electron chi connectivity index (χ4n) is 3.15. The van der Waals surface area contributed by atoms with Gasteiger partial charge in [-0.05, 0) is 37.5 Å². The van der Waals surface area contributed by atoms with Crippen LogP contribution in [0.5, 0.6) is 0 Å². The summed E-state index contributed by atoms with van der Waals surface area (Å²) in [5.41, 5.74) is 8.57. The second-order valence-electron chi connectivity index (χ2n) is 6.43. The summed E-state index contributed by atoms with van der Waals surface area (Å²) in [6.07, 6.45) is 4.01. The molecular formula is C19H22F2N4OS. The molecule has 0 saturated heterocycles. The largest absolute Gasteiger partial charge is 0.382 e. The molecule has 2 heterocycles. The van der Waals surface area contributed by atoms with Crippen LogP contribution >= 0.6 is 0 Å². The third-order valence-corrected chi connectivity index (χ3v) is 5.87. The maximum absolute atomic E-state index is 13.8. The molecule has 27 heavy (non-hydrogen) atoms. The number of nitrogens with zero attached hydrogens (tertiary/aromatic N) is 3. The molecule has 0 amide bonds. The molecule has 1 aromatic carbocycles. The lowest BCUT2D eigenvalue weighted by Gasteiger charge is -2.10. The lowest BCUT2D eigenvalue weighted by molar-refractivity contribution is 0.561. The zero-order valence-electron chi connectivity index (χ0n) is 15.3. The Kier molecular flexibility index (Phi) is 5.84. The number of benzene rings is 1. The first-order chi connectivity index (χ1) is 12.9. The van der Waals surface area contributed by atoms with Gasteiger partial charge in [-0.1, -0.05) is 6.92 Å². The molecule has 144 valence electrons. The first-order valence-electron chi connectivity index (χ1n) is 8.86. The third-order valence-electron chi connectivity index (χ3n) is 4.38. The molecular weight excluding hydrogens is 370 g/mol. The molecule has 0 saturated carbocycles. The first-order valence-corrected chi connectivity index (χ1v) is 10.2. The molecule has 0 aliphatic rings. The van der Waals surface area contributed by atoms with Crippen LogP contribution in [0.1, 0.15) is 31.2 Å². The number of hydrogen-bond donors (Lipinski definition) is 1. The fraction of sp³-hybridized carbons (Fsp3) is 0.368. The maximum atomic E-state index is 13.8. The van der Waals surface area contributed by atoms with Crippen molar-refractivity contribution in [2.45, 2.75) is 44.6 Å². The minimum atomic E-state index is -1.53. The lowest BCUT2D eigenvalue weighted by atomic mass is 10.2. The summed E-state index contributed by atoms with van der Waals surface area (Å²) in [6, 6.07) is 3.12. The normalized spacial score (nSPS) is 12.6. The van der Waals surface area contributed by atoms with Crippen molar-refractivity contribution in [2.75, 3.05) is 11.5 Å². The van der Waals surface area contributed by atoms with Crippen LogP contribution < -0.4 is 5.73 Å². The van der Waals surface area contributed by atoms with Gasteiger partial charge in [-0.15, -0.1) is 0 Å². The average molecular weight is 392 g/mol. The molecule has 0 fully saturated rings. The highest BCUT2D eigenvalue weighted by Crippen LogP contribution is 2.25. The van der Waals surface area contributed by atoms with Crippen LogP contribution in [0.15, 0.2) is 29.3 Å². The summed E-state index contributed by atoms with van der Waals surface area (Å²) in [5.74, 6) is 0.123. The van der Waals surface area contributed by atoms with Gasteiger partial charge < -0.3 is 10.3 Å². The van der Waals surface area contributed by atoms with Crippen LogP contribution in [0.3, 0.4) is 0 Å². The second-order valence-corrected chi connectivity index (χ2v) is 7.97. The molecule has 1 atom stereocenters. The van der Waals surface area contributed by atoms with Gasteiger partial charge in [0.1, 0.15) is 23.0 Å². The Hall–Kier alpha value is -2.35. The number of pyridine rings is 1. The van der Waals surface area contributed by atoms with E-state index < -0.39 is 22.4 Å². The van der Waals surface area contributed by atoms with E-state index in [2.05, 4.69) is 21.5 Å². The van der Waals surface area contributed by atoms with Crippen molar-refractivity contribution in [3.8, 4) is 0 Å². The summed E-state index contributed by atoms with van der Waals surface area (Å²) in [6.45, 7) is 4.62. The van der Waals surface area contributed by atoms with Gasteiger partial charge in [0.05, 0.1) is 21.2 Å². The topological polar surface area (TPSA) is 73.8 Å². The Morgan fingerprint density at radius 1 is 1.30 bits per heavy atom. The van der Waals surface area contributed by atoms with E-state index in [4.69, 9.17) is 5.73 Å². The number of anilines is 1. The molecule has 1 unspecified atom stereocenters. The third kappa shape index (κ3) is 4.00. The van der Waals surface area contributed by atoms with E-state index in [-0.39, 0.29) is 10.6 Å². The maximum Gasteiger partial charge on any atom is 0.151 e. The molecule has 0 aliphatic carbocycles. The van der Waals surface area contributed by atoms with Crippen LogP contribution in [0.4, 0.5) is 14.6 Å². The summed E-state index contributed by atoms with van der Waals surface area (Å²) < 4.78 is 41.3. The second kappa shape index (κ2) is 8.12. The van der Waals surface area contributed by atoms with Crippen LogP contribution in [-0.4, -0.2) is 24.5 Å². The molecule has 8 heteroatoms. The van der Waals surface area contributed by atoms with Crippen molar-refractivity contribution >= 4 is 27.7 Å². The summed E-state index contributed by atoms with van der Waals surface area (Å²) in [7, 11) is -1.53. The van der Waals surface area contributed by atoms with Gasteiger partial charge in [-0.3, -0.25) is 4.21 Å². The Bertz CT molecular complexity index is 1000. The first kappa shape index (κ1) is 19.4. The smallest absolute Gasteiger partial charge is 0.151 e. The van der Waals surface area contributed by atoms with E-state index >= 15 is 0 Å². The quantitative estimate of drug-likeness (QED) is 0.665. The Balaban J connectivity index is 1.81. The minimum absolute atomic E-state index is 0.0327. The highest BCUT2D eigenvalue weighted by atomic mass is 32.2. The molecule has 0 spiro atoms. The fourth-order valence-corrected chi connectivity index (χ4v) is 4.25. The van der Waals surface area contributed by atoms with Gasteiger partial charge in [0.2, 0.25) is 0 Å². The number of aryl methyl sites for hydroxylation is 3. The van der Waals surface area contributed by atoms with E-state index in [1.54, 1.807) is 6.20 Å². The number of nitrogen functional groups attached to an aromatic ring is 1. The summed E-state index contributed by atoms with van der Waals surface area (Å²) in [5, 5.41) is 0. The number of fused-ring (bicyclic) bond motifs is 1. The monoisotopic (exact) mass is 392 g/mol. The van der Waals surface area contributed by atoms with Crippen molar-refractivity contribution in [3.63, 3.8) is 0 Å². The standard InChI is InChI=1S/C19H22F2N4OS/c1-3-5-16-24-17-18(12(2)11-23-19(17)22)25(16)8-4-9-27(26)15-7-6-13(20)10-14(15)21/h6-7,10-11H,3-5,8-9H2,1-2H3,(H2,22,23). The van der Waals surface area contributed by atoms with Crippen LogP contribution in [0.25, 0.3) is 11.0 Å². The van der Waals surface area contributed by atoms with E-state index in [0.717, 1.165) is 41.9 Å². The van der Waals surface area contributed by atoms with Gasteiger partial charge >= 0.3 is 0 Å². The predicted molar refractivity (Wildman–Crippen MR) is 103 cm³/mol. The van der Waals surface area contributed by atoms with Crippen molar-refractivity contribution < 1.29 is 13.0 Å². The number of imidazole rings is 1. The number of nitrogens with two attached hydrogens (primary N) is 1. The minimum Gasteiger partial charge on any atom is -0.382 e. The molecule has 3 aromatic rings. The van der Waals surface area contributed by atoms with E-state index in [9.17, 15) is 13.0 Å². The van der Waals surface area contributed by atoms with Gasteiger partial charge in [0.25, 0.3) is 0 Å². The predicted octanol–water partition coefficient (Wildman–Crippen LogP) is 3.75. The number of aromatic nitrogens is 3. The van der Waals surface area contributed by atoms with E-state index in [0.29, 0.717) is 24.3 Å². The summed E-state index contributed by atoms with van der Waals surface area (Å²) >= 11 is 0. The van der Waals surface area contributed by atoms with Crippen molar-refractivity contribution in [3.05, 3.63) is 47.4 Å². The molecule has 0 radical (unpaired) electrons. The molecule has 5 nitrogen and oxygen atoms in total. The Morgan fingerprint density at radius 3 is 2.78 bits per heavy atom. The van der Waals surface area contributed by atoms with Gasteiger partial charge in [-0.2, -0.15) is 0 Å². The van der Waals surface area contributed by atoms with Crippen molar-refractivity contribution in [2.24, 2.45) is 0 Å². The van der Waals surface area contributed by atoms with Crippen LogP contribution in [0.2, 0.25) is 0 Å². The van der Waals surface area contributed by atoms with Crippen molar-refractivity contribution in [1.82, 2.24) is 14.5 Å². The van der Waals surface area contributed by atoms with Crippen LogP contribution in [0, 0.1) is 18.6 Å². The number of hydrogen-bond acceptors (Lipinski definition) is 4. The zero-order valence-corrected chi connectivity index (χ0v) is 16.2. The molecule has 2 aromatic heterocycles. The molecule has 3 rings (SSSR count).